The molecule has 0 atom stereocenters. The van der Waals surface area contributed by atoms with Crippen LogP contribution in [0.2, 0.25) is 0 Å². The van der Waals surface area contributed by atoms with Crippen molar-refractivity contribution >= 4 is 23.7 Å². The van der Waals surface area contributed by atoms with Gasteiger partial charge in [-0.2, -0.15) is 5.10 Å². The molecule has 0 aliphatic heterocycles. The van der Waals surface area contributed by atoms with Crippen LogP contribution in [0.4, 0.5) is 5.69 Å². The highest BCUT2D eigenvalue weighted by Crippen LogP contribution is 2.15. The number of nitrogens with one attached hydrogen (secondary N) is 2. The Morgan fingerprint density at radius 1 is 1.17 bits per heavy atom. The van der Waals surface area contributed by atoms with E-state index in [0.717, 1.165) is 5.75 Å². The molecule has 2 rings (SSSR count). The molecule has 1 heterocycles. The van der Waals surface area contributed by atoms with Crippen molar-refractivity contribution in [3.8, 4) is 5.75 Å². The van der Waals surface area contributed by atoms with E-state index >= 15 is 0 Å². The number of hydrogen-bond donors (Lipinski definition) is 2. The molecule has 0 bridgehead atoms. The fourth-order valence-electron chi connectivity index (χ4n) is 1.84. The molecule has 7 heteroatoms. The van der Waals surface area contributed by atoms with Gasteiger partial charge < -0.3 is 14.5 Å². The number of carbonyl (C=O) groups excluding carboxylic acids is 2. The summed E-state index contributed by atoms with van der Waals surface area (Å²) in [4.78, 5) is 23.4. The lowest BCUT2D eigenvalue weighted by Gasteiger charge is -2.06. The van der Waals surface area contributed by atoms with E-state index in [1.165, 1.54) is 12.5 Å². The summed E-state index contributed by atoms with van der Waals surface area (Å²) in [6.45, 7) is 2.49. The lowest BCUT2D eigenvalue weighted by Crippen LogP contribution is -2.20. The molecule has 0 spiro atoms. The van der Waals surface area contributed by atoms with Gasteiger partial charge in [-0.1, -0.05) is 0 Å². The van der Waals surface area contributed by atoms with Crippen LogP contribution < -0.4 is 15.5 Å². The van der Waals surface area contributed by atoms with Gasteiger partial charge in [0.2, 0.25) is 11.8 Å². The van der Waals surface area contributed by atoms with Crippen molar-refractivity contribution in [2.45, 2.75) is 19.8 Å². The largest absolute Gasteiger partial charge is 0.494 e. The first-order valence-corrected chi connectivity index (χ1v) is 7.55. The van der Waals surface area contributed by atoms with Crippen LogP contribution in [0.15, 0.2) is 52.2 Å². The maximum atomic E-state index is 11.8. The molecule has 1 aromatic carbocycles. The molecular formula is C17H19N3O4. The van der Waals surface area contributed by atoms with Crippen LogP contribution >= 0.6 is 0 Å². The molecule has 2 N–H and O–H groups in total. The van der Waals surface area contributed by atoms with Crippen LogP contribution in [0, 0.1) is 0 Å². The number of carbonyl (C=O) groups is 2. The third kappa shape index (κ3) is 5.96. The Balaban J connectivity index is 1.69. The lowest BCUT2D eigenvalue weighted by molar-refractivity contribution is -0.124. The number of ether oxygens (including phenoxy) is 1. The second kappa shape index (κ2) is 9.14. The molecule has 0 aliphatic rings. The summed E-state index contributed by atoms with van der Waals surface area (Å²) in [6.07, 6.45) is 3.00. The molecule has 0 saturated carbocycles. The number of furan rings is 1. The zero-order chi connectivity index (χ0) is 17.2. The fraction of sp³-hybridized carbons (Fsp3) is 0.235. The van der Waals surface area contributed by atoms with Crippen molar-refractivity contribution in [1.29, 1.82) is 0 Å². The van der Waals surface area contributed by atoms with E-state index in [9.17, 15) is 9.59 Å². The van der Waals surface area contributed by atoms with Crippen LogP contribution in [0.3, 0.4) is 0 Å². The normalized spacial score (nSPS) is 10.5. The van der Waals surface area contributed by atoms with Gasteiger partial charge in [0, 0.05) is 18.5 Å². The van der Waals surface area contributed by atoms with Gasteiger partial charge >= 0.3 is 0 Å². The van der Waals surface area contributed by atoms with Gasteiger partial charge in [0.25, 0.3) is 0 Å². The number of anilines is 1. The van der Waals surface area contributed by atoms with E-state index in [1.807, 2.05) is 6.92 Å². The van der Waals surface area contributed by atoms with E-state index in [2.05, 4.69) is 15.8 Å². The Morgan fingerprint density at radius 3 is 2.58 bits per heavy atom. The van der Waals surface area contributed by atoms with Crippen molar-refractivity contribution in [3.05, 3.63) is 48.4 Å². The first-order valence-electron chi connectivity index (χ1n) is 7.55. The van der Waals surface area contributed by atoms with Gasteiger partial charge in [-0.05, 0) is 43.3 Å². The first kappa shape index (κ1) is 17.3. The molecule has 0 aliphatic carbocycles. The summed E-state index contributed by atoms with van der Waals surface area (Å²) >= 11 is 0. The lowest BCUT2D eigenvalue weighted by atomic mass is 10.2. The van der Waals surface area contributed by atoms with Crippen molar-refractivity contribution in [3.63, 3.8) is 0 Å². The van der Waals surface area contributed by atoms with E-state index < -0.39 is 0 Å². The number of hydrogen-bond acceptors (Lipinski definition) is 5. The number of nitrogens with zero attached hydrogens (tertiary/aromatic N) is 1. The molecule has 7 nitrogen and oxygen atoms in total. The summed E-state index contributed by atoms with van der Waals surface area (Å²) < 4.78 is 10.4. The number of hydrazone groups is 1. The molecule has 0 saturated heterocycles. The zero-order valence-electron chi connectivity index (χ0n) is 13.3. The highest BCUT2D eigenvalue weighted by molar-refractivity contribution is 5.93. The maximum Gasteiger partial charge on any atom is 0.240 e. The van der Waals surface area contributed by atoms with Crippen molar-refractivity contribution in [2.24, 2.45) is 5.10 Å². The summed E-state index contributed by atoms with van der Waals surface area (Å²) in [5.41, 5.74) is 2.99. The second-order valence-electron chi connectivity index (χ2n) is 4.81. The summed E-state index contributed by atoms with van der Waals surface area (Å²) in [5, 5.41) is 6.46. The zero-order valence-corrected chi connectivity index (χ0v) is 13.3. The van der Waals surface area contributed by atoms with E-state index in [1.54, 1.807) is 36.4 Å². The SMILES string of the molecule is CCOc1ccc(NC(=O)CCC(=O)N/N=C/c2ccco2)cc1. The van der Waals surface area contributed by atoms with E-state index in [4.69, 9.17) is 9.15 Å². The van der Waals surface area contributed by atoms with Crippen LogP contribution in [-0.4, -0.2) is 24.6 Å². The van der Waals surface area contributed by atoms with E-state index in [0.29, 0.717) is 18.1 Å². The Morgan fingerprint density at radius 2 is 1.92 bits per heavy atom. The highest BCUT2D eigenvalue weighted by Gasteiger charge is 2.07. The third-order valence-electron chi connectivity index (χ3n) is 2.95. The predicted octanol–water partition coefficient (Wildman–Crippen LogP) is 2.55. The predicted molar refractivity (Wildman–Crippen MR) is 89.9 cm³/mol. The van der Waals surface area contributed by atoms with Crippen LogP contribution in [0.1, 0.15) is 25.5 Å². The summed E-state index contributed by atoms with van der Waals surface area (Å²) in [7, 11) is 0. The summed E-state index contributed by atoms with van der Waals surface area (Å²) in [5.74, 6) is 0.678. The average molecular weight is 329 g/mol. The number of rotatable bonds is 8. The average Bonchev–Trinajstić information content (AvgIpc) is 3.08. The van der Waals surface area contributed by atoms with Gasteiger partial charge in [0.1, 0.15) is 11.5 Å². The fourth-order valence-corrected chi connectivity index (χ4v) is 1.84. The highest BCUT2D eigenvalue weighted by atomic mass is 16.5. The monoisotopic (exact) mass is 329 g/mol. The van der Waals surface area contributed by atoms with Crippen molar-refractivity contribution in [1.82, 2.24) is 5.43 Å². The summed E-state index contributed by atoms with van der Waals surface area (Å²) in [6, 6.07) is 10.5. The van der Waals surface area contributed by atoms with E-state index in [-0.39, 0.29) is 24.7 Å². The first-order chi connectivity index (χ1) is 11.7. The molecular weight excluding hydrogens is 310 g/mol. The maximum absolute atomic E-state index is 11.8. The van der Waals surface area contributed by atoms with Crippen LogP contribution in [0.5, 0.6) is 5.75 Å². The number of benzene rings is 1. The van der Waals surface area contributed by atoms with Crippen LogP contribution in [0.25, 0.3) is 0 Å². The standard InChI is InChI=1S/C17H19N3O4/c1-2-23-14-7-5-13(6-8-14)19-16(21)9-10-17(22)20-18-12-15-4-3-11-24-15/h3-8,11-12H,2,9-10H2,1H3,(H,19,21)(H,20,22)/b18-12+. The smallest absolute Gasteiger partial charge is 0.240 e. The Hall–Kier alpha value is -3.09. The molecule has 1 aromatic heterocycles. The molecule has 0 unspecified atom stereocenters. The Labute approximate surface area is 139 Å². The van der Waals surface area contributed by atoms with Crippen molar-refractivity contribution < 1.29 is 18.7 Å². The molecule has 126 valence electrons. The molecule has 24 heavy (non-hydrogen) atoms. The Kier molecular flexibility index (Phi) is 6.58. The Bertz CT molecular complexity index is 678. The van der Waals surface area contributed by atoms with Gasteiger partial charge in [-0.25, -0.2) is 5.43 Å². The van der Waals surface area contributed by atoms with Crippen LogP contribution in [-0.2, 0) is 9.59 Å². The topological polar surface area (TPSA) is 92.9 Å². The van der Waals surface area contributed by atoms with Crippen molar-refractivity contribution in [2.75, 3.05) is 11.9 Å². The number of amides is 2. The molecule has 2 amide bonds. The molecule has 0 radical (unpaired) electrons. The minimum atomic E-state index is -0.348. The van der Waals surface area contributed by atoms with Gasteiger partial charge in [-0.3, -0.25) is 9.59 Å². The van der Waals surface area contributed by atoms with Gasteiger partial charge in [0.05, 0.1) is 19.1 Å². The minimum absolute atomic E-state index is 0.0400. The molecule has 2 aromatic rings. The second-order valence-corrected chi connectivity index (χ2v) is 4.81. The third-order valence-corrected chi connectivity index (χ3v) is 2.95. The minimum Gasteiger partial charge on any atom is -0.494 e. The molecule has 0 fully saturated rings. The van der Waals surface area contributed by atoms with Gasteiger partial charge in [0.15, 0.2) is 0 Å². The quantitative estimate of drug-likeness (QED) is 0.575. The van der Waals surface area contributed by atoms with Gasteiger partial charge in [-0.15, -0.1) is 0 Å².